The summed E-state index contributed by atoms with van der Waals surface area (Å²) in [6.45, 7) is 2.18. The lowest BCUT2D eigenvalue weighted by Gasteiger charge is -2.12. The van der Waals surface area contributed by atoms with E-state index in [1.54, 1.807) is 0 Å². The standard InChI is InChI=1S/C15H20O2/c1-2-3-4-11-5-7-12(8-6-11)14(15(16)17)13-9-10-13/h5-8,13-14H,2-4,9-10H2,1H3,(H,16,17). The Morgan fingerprint density at radius 3 is 2.47 bits per heavy atom. The second kappa shape index (κ2) is 5.35. The van der Waals surface area contributed by atoms with Gasteiger partial charge in [-0.15, -0.1) is 0 Å². The molecule has 0 aromatic heterocycles. The lowest BCUT2D eigenvalue weighted by atomic mass is 9.93. The molecular weight excluding hydrogens is 212 g/mol. The van der Waals surface area contributed by atoms with Crippen LogP contribution in [-0.2, 0) is 11.2 Å². The van der Waals surface area contributed by atoms with Crippen LogP contribution in [0.4, 0.5) is 0 Å². The van der Waals surface area contributed by atoms with E-state index in [9.17, 15) is 9.90 Å². The Hall–Kier alpha value is -1.31. The van der Waals surface area contributed by atoms with Gasteiger partial charge in [0, 0.05) is 0 Å². The molecule has 2 rings (SSSR count). The molecule has 0 amide bonds. The van der Waals surface area contributed by atoms with Crippen LogP contribution >= 0.6 is 0 Å². The number of hydrogen-bond donors (Lipinski definition) is 1. The molecule has 1 aromatic carbocycles. The summed E-state index contributed by atoms with van der Waals surface area (Å²) in [7, 11) is 0. The molecule has 0 spiro atoms. The van der Waals surface area contributed by atoms with Gasteiger partial charge in [0.2, 0.25) is 0 Å². The minimum atomic E-state index is -0.672. The van der Waals surface area contributed by atoms with Gasteiger partial charge >= 0.3 is 5.97 Å². The zero-order valence-corrected chi connectivity index (χ0v) is 10.4. The SMILES string of the molecule is CCCCc1ccc(C(C(=O)O)C2CC2)cc1. The minimum Gasteiger partial charge on any atom is -0.481 e. The predicted molar refractivity (Wildman–Crippen MR) is 68.2 cm³/mol. The third-order valence-electron chi connectivity index (χ3n) is 3.52. The van der Waals surface area contributed by atoms with Gasteiger partial charge in [-0.2, -0.15) is 0 Å². The van der Waals surface area contributed by atoms with E-state index in [1.807, 2.05) is 12.1 Å². The van der Waals surface area contributed by atoms with Gasteiger partial charge in [-0.05, 0) is 42.7 Å². The zero-order chi connectivity index (χ0) is 12.3. The van der Waals surface area contributed by atoms with Crippen molar-refractivity contribution in [3.63, 3.8) is 0 Å². The fourth-order valence-electron chi connectivity index (χ4n) is 2.32. The number of aliphatic carboxylic acids is 1. The number of unbranched alkanes of at least 4 members (excludes halogenated alkanes) is 1. The summed E-state index contributed by atoms with van der Waals surface area (Å²) in [6.07, 6.45) is 5.62. The molecule has 1 aromatic rings. The Balaban J connectivity index is 2.07. The van der Waals surface area contributed by atoms with Crippen LogP contribution in [0.15, 0.2) is 24.3 Å². The lowest BCUT2D eigenvalue weighted by Crippen LogP contribution is -2.13. The van der Waals surface area contributed by atoms with E-state index < -0.39 is 5.97 Å². The molecule has 0 heterocycles. The highest BCUT2D eigenvalue weighted by Crippen LogP contribution is 2.42. The highest BCUT2D eigenvalue weighted by atomic mass is 16.4. The van der Waals surface area contributed by atoms with Crippen LogP contribution in [0.3, 0.4) is 0 Å². The van der Waals surface area contributed by atoms with Crippen LogP contribution < -0.4 is 0 Å². The van der Waals surface area contributed by atoms with Crippen molar-refractivity contribution in [3.05, 3.63) is 35.4 Å². The van der Waals surface area contributed by atoms with Crippen molar-refractivity contribution in [2.75, 3.05) is 0 Å². The van der Waals surface area contributed by atoms with Crippen LogP contribution in [0, 0.1) is 5.92 Å². The van der Waals surface area contributed by atoms with E-state index in [0.29, 0.717) is 5.92 Å². The van der Waals surface area contributed by atoms with Crippen LogP contribution in [0.2, 0.25) is 0 Å². The van der Waals surface area contributed by atoms with Crippen LogP contribution in [-0.4, -0.2) is 11.1 Å². The van der Waals surface area contributed by atoms with Crippen molar-refractivity contribution in [3.8, 4) is 0 Å². The zero-order valence-electron chi connectivity index (χ0n) is 10.4. The fraction of sp³-hybridized carbons (Fsp3) is 0.533. The number of benzene rings is 1. The van der Waals surface area contributed by atoms with Gasteiger partial charge in [0.25, 0.3) is 0 Å². The van der Waals surface area contributed by atoms with Crippen LogP contribution in [0.25, 0.3) is 0 Å². The number of carboxylic acids is 1. The predicted octanol–water partition coefficient (Wildman–Crippen LogP) is 3.61. The minimum absolute atomic E-state index is 0.282. The summed E-state index contributed by atoms with van der Waals surface area (Å²) < 4.78 is 0. The summed E-state index contributed by atoms with van der Waals surface area (Å²) >= 11 is 0. The first-order chi connectivity index (χ1) is 8.22. The van der Waals surface area contributed by atoms with Crippen molar-refractivity contribution < 1.29 is 9.90 Å². The number of carbonyl (C=O) groups is 1. The van der Waals surface area contributed by atoms with Gasteiger partial charge in [-0.1, -0.05) is 37.6 Å². The maximum Gasteiger partial charge on any atom is 0.311 e. The molecule has 1 aliphatic rings. The first-order valence-corrected chi connectivity index (χ1v) is 6.54. The molecule has 92 valence electrons. The van der Waals surface area contributed by atoms with Crippen molar-refractivity contribution in [1.82, 2.24) is 0 Å². The molecule has 2 heteroatoms. The van der Waals surface area contributed by atoms with Crippen molar-refractivity contribution in [2.24, 2.45) is 5.92 Å². The quantitative estimate of drug-likeness (QED) is 0.813. The third-order valence-corrected chi connectivity index (χ3v) is 3.52. The number of hydrogen-bond acceptors (Lipinski definition) is 1. The van der Waals surface area contributed by atoms with Gasteiger partial charge < -0.3 is 5.11 Å². The maximum atomic E-state index is 11.2. The summed E-state index contributed by atoms with van der Waals surface area (Å²) in [5, 5.41) is 9.25. The van der Waals surface area contributed by atoms with Crippen LogP contribution in [0.1, 0.15) is 49.7 Å². The Morgan fingerprint density at radius 1 is 1.35 bits per heavy atom. The average Bonchev–Trinajstić information content (AvgIpc) is 3.12. The molecular formula is C15H20O2. The Bertz CT molecular complexity index is 376. The van der Waals surface area contributed by atoms with Gasteiger partial charge in [0.05, 0.1) is 5.92 Å². The smallest absolute Gasteiger partial charge is 0.311 e. The summed E-state index contributed by atoms with van der Waals surface area (Å²) in [5.41, 5.74) is 2.29. The monoisotopic (exact) mass is 232 g/mol. The molecule has 17 heavy (non-hydrogen) atoms. The topological polar surface area (TPSA) is 37.3 Å². The first-order valence-electron chi connectivity index (χ1n) is 6.54. The average molecular weight is 232 g/mol. The lowest BCUT2D eigenvalue weighted by molar-refractivity contribution is -0.139. The highest BCUT2D eigenvalue weighted by molar-refractivity contribution is 5.77. The Labute approximate surface area is 103 Å². The molecule has 0 saturated heterocycles. The van der Waals surface area contributed by atoms with Gasteiger partial charge in [-0.25, -0.2) is 0 Å². The summed E-state index contributed by atoms with van der Waals surface area (Å²) in [6, 6.07) is 8.18. The largest absolute Gasteiger partial charge is 0.481 e. The molecule has 1 aliphatic carbocycles. The molecule has 0 bridgehead atoms. The second-order valence-corrected chi connectivity index (χ2v) is 5.00. The maximum absolute atomic E-state index is 11.2. The first kappa shape index (κ1) is 12.2. The summed E-state index contributed by atoms with van der Waals surface area (Å²) in [4.78, 5) is 11.2. The van der Waals surface area contributed by atoms with E-state index in [2.05, 4.69) is 19.1 Å². The van der Waals surface area contributed by atoms with Crippen LogP contribution in [0.5, 0.6) is 0 Å². The van der Waals surface area contributed by atoms with E-state index in [0.717, 1.165) is 24.8 Å². The molecule has 1 unspecified atom stereocenters. The third kappa shape index (κ3) is 3.09. The van der Waals surface area contributed by atoms with Crippen molar-refractivity contribution >= 4 is 5.97 Å². The Kier molecular flexibility index (Phi) is 3.82. The Morgan fingerprint density at radius 2 is 2.00 bits per heavy atom. The molecule has 1 saturated carbocycles. The molecule has 2 nitrogen and oxygen atoms in total. The van der Waals surface area contributed by atoms with E-state index in [1.165, 1.54) is 18.4 Å². The number of carboxylic acid groups (broad SMARTS) is 1. The molecule has 0 aliphatic heterocycles. The second-order valence-electron chi connectivity index (χ2n) is 5.00. The van der Waals surface area contributed by atoms with Crippen molar-refractivity contribution in [2.45, 2.75) is 44.9 Å². The number of rotatable bonds is 6. The van der Waals surface area contributed by atoms with E-state index in [4.69, 9.17) is 0 Å². The number of aryl methyl sites for hydroxylation is 1. The fourth-order valence-corrected chi connectivity index (χ4v) is 2.32. The van der Waals surface area contributed by atoms with E-state index in [-0.39, 0.29) is 5.92 Å². The van der Waals surface area contributed by atoms with Gasteiger partial charge in [0.1, 0.15) is 0 Å². The van der Waals surface area contributed by atoms with Gasteiger partial charge in [-0.3, -0.25) is 4.79 Å². The highest BCUT2D eigenvalue weighted by Gasteiger charge is 2.37. The van der Waals surface area contributed by atoms with E-state index >= 15 is 0 Å². The molecule has 0 radical (unpaired) electrons. The molecule has 1 atom stereocenters. The molecule has 1 N–H and O–H groups in total. The molecule has 1 fully saturated rings. The van der Waals surface area contributed by atoms with Crippen molar-refractivity contribution in [1.29, 1.82) is 0 Å². The van der Waals surface area contributed by atoms with Gasteiger partial charge in [0.15, 0.2) is 0 Å². The summed E-state index contributed by atoms with van der Waals surface area (Å²) in [5.74, 6) is -0.585. The normalized spacial score (nSPS) is 16.8.